The lowest BCUT2D eigenvalue weighted by molar-refractivity contribution is -0.147. The zero-order chi connectivity index (χ0) is 14.5. The summed E-state index contributed by atoms with van der Waals surface area (Å²) in [5, 5.41) is 3.42. The number of hydrogen-bond acceptors (Lipinski definition) is 5. The Balaban J connectivity index is 1.80. The number of hydrogen-bond donors (Lipinski definition) is 1. The van der Waals surface area contributed by atoms with Crippen molar-refractivity contribution in [3.63, 3.8) is 0 Å². The predicted molar refractivity (Wildman–Crippen MR) is 73.3 cm³/mol. The standard InChI is InChI=1S/C16H17NO4/c18-13-15(6-8-20-13)10-16(7-9-21-14(16)19)17-12(15)11-4-2-1-3-5-11/h1-5,12,17H,6-10H2/t12-,15+,16-/m1/s1. The van der Waals surface area contributed by atoms with E-state index in [0.717, 1.165) is 5.56 Å². The zero-order valence-corrected chi connectivity index (χ0v) is 11.6. The van der Waals surface area contributed by atoms with Crippen LogP contribution in [0.5, 0.6) is 0 Å². The van der Waals surface area contributed by atoms with Gasteiger partial charge in [-0.05, 0) is 18.4 Å². The molecule has 0 bridgehead atoms. The molecular formula is C16H17NO4. The molecule has 0 aromatic heterocycles. The number of ether oxygens (including phenoxy) is 2. The predicted octanol–water partition coefficient (Wildman–Crippen LogP) is 1.34. The molecule has 1 N–H and O–H groups in total. The first-order valence-electron chi connectivity index (χ1n) is 7.33. The maximum atomic E-state index is 12.4. The fraction of sp³-hybridized carbons (Fsp3) is 0.500. The highest BCUT2D eigenvalue weighted by Crippen LogP contribution is 2.55. The number of carbonyl (C=O) groups excluding carboxylic acids is 2. The second kappa shape index (κ2) is 4.31. The molecule has 21 heavy (non-hydrogen) atoms. The van der Waals surface area contributed by atoms with E-state index >= 15 is 0 Å². The van der Waals surface area contributed by atoms with Gasteiger partial charge in [0, 0.05) is 12.5 Å². The van der Waals surface area contributed by atoms with Gasteiger partial charge in [0.1, 0.15) is 5.54 Å². The summed E-state index contributed by atoms with van der Waals surface area (Å²) in [6.45, 7) is 0.841. The maximum Gasteiger partial charge on any atom is 0.326 e. The largest absolute Gasteiger partial charge is 0.465 e. The van der Waals surface area contributed by atoms with Crippen LogP contribution in [0.15, 0.2) is 30.3 Å². The lowest BCUT2D eigenvalue weighted by Crippen LogP contribution is -2.44. The summed E-state index contributed by atoms with van der Waals surface area (Å²) in [4.78, 5) is 24.6. The fourth-order valence-electron chi connectivity index (χ4n) is 4.00. The van der Waals surface area contributed by atoms with Crippen molar-refractivity contribution >= 4 is 11.9 Å². The van der Waals surface area contributed by atoms with Gasteiger partial charge in [0.2, 0.25) is 0 Å². The monoisotopic (exact) mass is 287 g/mol. The van der Waals surface area contributed by atoms with Crippen LogP contribution in [0.25, 0.3) is 0 Å². The van der Waals surface area contributed by atoms with Gasteiger partial charge in [-0.1, -0.05) is 30.3 Å². The van der Waals surface area contributed by atoms with E-state index in [1.54, 1.807) is 0 Å². The highest BCUT2D eigenvalue weighted by atomic mass is 16.5. The van der Waals surface area contributed by atoms with Crippen molar-refractivity contribution in [1.82, 2.24) is 5.32 Å². The average molecular weight is 287 g/mol. The van der Waals surface area contributed by atoms with E-state index in [2.05, 4.69) is 5.32 Å². The smallest absolute Gasteiger partial charge is 0.326 e. The number of cyclic esters (lactones) is 2. The van der Waals surface area contributed by atoms with Crippen LogP contribution in [-0.4, -0.2) is 30.7 Å². The summed E-state index contributed by atoms with van der Waals surface area (Å²) in [5.41, 5.74) is -0.359. The summed E-state index contributed by atoms with van der Waals surface area (Å²) >= 11 is 0. The molecule has 0 radical (unpaired) electrons. The number of rotatable bonds is 1. The molecule has 110 valence electrons. The molecule has 0 aliphatic carbocycles. The topological polar surface area (TPSA) is 64.6 Å². The van der Waals surface area contributed by atoms with Crippen LogP contribution in [0.1, 0.15) is 30.9 Å². The minimum atomic E-state index is -0.732. The third kappa shape index (κ3) is 1.67. The molecule has 3 aliphatic heterocycles. The zero-order valence-electron chi connectivity index (χ0n) is 11.6. The van der Waals surface area contributed by atoms with Gasteiger partial charge in [-0.2, -0.15) is 0 Å². The SMILES string of the molecule is O=C1OCC[C@@]12C[C@@]1(CCOC1=O)[C@@H](c1ccccc1)N2. The Labute approximate surface area is 122 Å². The molecule has 5 nitrogen and oxygen atoms in total. The first-order valence-corrected chi connectivity index (χ1v) is 7.33. The van der Waals surface area contributed by atoms with Gasteiger partial charge in [0.15, 0.2) is 0 Å². The Morgan fingerprint density at radius 3 is 2.33 bits per heavy atom. The molecule has 0 amide bonds. The van der Waals surface area contributed by atoms with Gasteiger partial charge < -0.3 is 9.47 Å². The van der Waals surface area contributed by atoms with Crippen LogP contribution in [0.3, 0.4) is 0 Å². The average Bonchev–Trinajstić information content (AvgIpc) is 3.14. The Morgan fingerprint density at radius 2 is 1.71 bits per heavy atom. The minimum absolute atomic E-state index is 0.194. The van der Waals surface area contributed by atoms with Gasteiger partial charge in [-0.25, -0.2) is 0 Å². The van der Waals surface area contributed by atoms with E-state index in [4.69, 9.17) is 9.47 Å². The molecule has 1 aromatic carbocycles. The highest BCUT2D eigenvalue weighted by molar-refractivity contribution is 5.88. The lowest BCUT2D eigenvalue weighted by Gasteiger charge is -2.26. The molecule has 0 unspecified atom stereocenters. The third-order valence-corrected chi connectivity index (χ3v) is 5.06. The number of carbonyl (C=O) groups is 2. The third-order valence-electron chi connectivity index (χ3n) is 5.06. The highest BCUT2D eigenvalue weighted by Gasteiger charge is 2.65. The first-order chi connectivity index (χ1) is 10.2. The van der Waals surface area contributed by atoms with Crippen LogP contribution in [0.4, 0.5) is 0 Å². The van der Waals surface area contributed by atoms with Gasteiger partial charge >= 0.3 is 11.9 Å². The van der Waals surface area contributed by atoms with Gasteiger partial charge in [-0.15, -0.1) is 0 Å². The lowest BCUT2D eigenvalue weighted by atomic mass is 9.73. The van der Waals surface area contributed by atoms with Gasteiger partial charge in [0.05, 0.1) is 18.6 Å². The number of nitrogens with one attached hydrogen (secondary N) is 1. The van der Waals surface area contributed by atoms with E-state index < -0.39 is 11.0 Å². The van der Waals surface area contributed by atoms with Crippen LogP contribution in [0.2, 0.25) is 0 Å². The quantitative estimate of drug-likeness (QED) is 0.790. The molecule has 5 heteroatoms. The fourth-order valence-corrected chi connectivity index (χ4v) is 4.00. The van der Waals surface area contributed by atoms with Crippen molar-refractivity contribution in [3.8, 4) is 0 Å². The van der Waals surface area contributed by atoms with Crippen LogP contribution < -0.4 is 5.32 Å². The molecule has 3 atom stereocenters. The molecule has 0 saturated carbocycles. The molecule has 1 aromatic rings. The van der Waals surface area contributed by atoms with Crippen molar-refractivity contribution in [2.45, 2.75) is 30.8 Å². The maximum absolute atomic E-state index is 12.4. The van der Waals surface area contributed by atoms with Gasteiger partial charge in [0.25, 0.3) is 0 Å². The van der Waals surface area contributed by atoms with Crippen molar-refractivity contribution in [1.29, 1.82) is 0 Å². The van der Waals surface area contributed by atoms with Crippen LogP contribution >= 0.6 is 0 Å². The van der Waals surface area contributed by atoms with Crippen molar-refractivity contribution in [2.75, 3.05) is 13.2 Å². The van der Waals surface area contributed by atoms with Crippen LogP contribution in [0, 0.1) is 5.41 Å². The van der Waals surface area contributed by atoms with E-state index in [0.29, 0.717) is 32.5 Å². The molecule has 3 aliphatic rings. The molecular weight excluding hydrogens is 270 g/mol. The minimum Gasteiger partial charge on any atom is -0.465 e. The molecule has 3 fully saturated rings. The Kier molecular flexibility index (Phi) is 2.63. The Hall–Kier alpha value is -1.88. The van der Waals surface area contributed by atoms with E-state index in [1.807, 2.05) is 30.3 Å². The number of esters is 2. The van der Waals surface area contributed by atoms with Crippen molar-refractivity contribution in [3.05, 3.63) is 35.9 Å². The summed E-state index contributed by atoms with van der Waals surface area (Å²) in [6, 6.07) is 9.62. The Bertz CT molecular complexity index is 602. The number of benzene rings is 1. The second-order valence-electron chi connectivity index (χ2n) is 6.17. The normalized spacial score (nSPS) is 38.2. The molecule has 2 spiro atoms. The van der Waals surface area contributed by atoms with Crippen LogP contribution in [-0.2, 0) is 19.1 Å². The molecule has 3 saturated heterocycles. The van der Waals surface area contributed by atoms with E-state index in [9.17, 15) is 9.59 Å². The van der Waals surface area contributed by atoms with E-state index in [1.165, 1.54) is 0 Å². The second-order valence-corrected chi connectivity index (χ2v) is 6.17. The van der Waals surface area contributed by atoms with Gasteiger partial charge in [-0.3, -0.25) is 14.9 Å². The summed E-state index contributed by atoms with van der Waals surface area (Å²) < 4.78 is 10.4. The van der Waals surface area contributed by atoms with Crippen molar-refractivity contribution in [2.24, 2.45) is 5.41 Å². The summed E-state index contributed by atoms with van der Waals surface area (Å²) in [6.07, 6.45) is 1.73. The molecule has 4 rings (SSSR count). The summed E-state index contributed by atoms with van der Waals surface area (Å²) in [7, 11) is 0. The van der Waals surface area contributed by atoms with E-state index in [-0.39, 0.29) is 18.0 Å². The first kappa shape index (κ1) is 12.8. The summed E-state index contributed by atoms with van der Waals surface area (Å²) in [5.74, 6) is -0.430. The van der Waals surface area contributed by atoms with Crippen molar-refractivity contribution < 1.29 is 19.1 Å². The molecule has 3 heterocycles. The Morgan fingerprint density at radius 1 is 1.00 bits per heavy atom.